The standard InChI is InChI=1S/C18H28N2O/c1-5-18(21)20-13(4)9-15-10-14(6-7-17(15)20)11-16(19)8-12(2)3/h6-7,10,12-13,16H,5,8-9,11,19H2,1-4H3. The van der Waals surface area contributed by atoms with Crippen LogP contribution < -0.4 is 10.6 Å². The van der Waals surface area contributed by atoms with Gasteiger partial charge in [0.05, 0.1) is 0 Å². The molecule has 2 N–H and O–H groups in total. The first-order valence-corrected chi connectivity index (χ1v) is 8.11. The van der Waals surface area contributed by atoms with Gasteiger partial charge in [-0.2, -0.15) is 0 Å². The van der Waals surface area contributed by atoms with Gasteiger partial charge in [0.15, 0.2) is 0 Å². The van der Waals surface area contributed by atoms with Gasteiger partial charge in [-0.3, -0.25) is 4.79 Å². The monoisotopic (exact) mass is 288 g/mol. The van der Waals surface area contributed by atoms with E-state index in [1.807, 2.05) is 11.8 Å². The number of nitrogens with zero attached hydrogens (tertiary/aromatic N) is 1. The van der Waals surface area contributed by atoms with Gasteiger partial charge in [0.2, 0.25) is 5.91 Å². The molecule has 116 valence electrons. The van der Waals surface area contributed by atoms with Crippen molar-refractivity contribution in [3.05, 3.63) is 29.3 Å². The molecule has 0 fully saturated rings. The lowest BCUT2D eigenvalue weighted by atomic mass is 9.96. The SMILES string of the molecule is CCC(=O)N1c2ccc(CC(N)CC(C)C)cc2CC1C. The minimum Gasteiger partial charge on any atom is -0.327 e. The Labute approximate surface area is 128 Å². The number of hydrogen-bond donors (Lipinski definition) is 1. The maximum absolute atomic E-state index is 12.1. The molecule has 0 saturated carbocycles. The third-order valence-electron chi connectivity index (χ3n) is 4.20. The average Bonchev–Trinajstić information content (AvgIpc) is 2.72. The number of carbonyl (C=O) groups is 1. The highest BCUT2D eigenvalue weighted by atomic mass is 16.2. The fraction of sp³-hybridized carbons (Fsp3) is 0.611. The number of nitrogens with two attached hydrogens (primary N) is 1. The summed E-state index contributed by atoms with van der Waals surface area (Å²) in [6.07, 6.45) is 3.48. The number of fused-ring (bicyclic) bond motifs is 1. The van der Waals surface area contributed by atoms with Gasteiger partial charge in [-0.25, -0.2) is 0 Å². The third kappa shape index (κ3) is 3.65. The molecule has 1 heterocycles. The highest BCUT2D eigenvalue weighted by molar-refractivity contribution is 5.96. The van der Waals surface area contributed by atoms with E-state index in [-0.39, 0.29) is 18.0 Å². The number of rotatable bonds is 5. The number of benzene rings is 1. The highest BCUT2D eigenvalue weighted by Crippen LogP contribution is 2.33. The number of anilines is 1. The third-order valence-corrected chi connectivity index (χ3v) is 4.20. The predicted molar refractivity (Wildman–Crippen MR) is 88.5 cm³/mol. The lowest BCUT2D eigenvalue weighted by Crippen LogP contribution is -2.35. The quantitative estimate of drug-likeness (QED) is 0.903. The molecular formula is C18H28N2O. The number of amides is 1. The van der Waals surface area contributed by atoms with Gasteiger partial charge in [0, 0.05) is 24.2 Å². The molecule has 1 aliphatic rings. The van der Waals surface area contributed by atoms with Crippen molar-refractivity contribution in [1.82, 2.24) is 0 Å². The Morgan fingerprint density at radius 2 is 2.14 bits per heavy atom. The summed E-state index contributed by atoms with van der Waals surface area (Å²) >= 11 is 0. The van der Waals surface area contributed by atoms with Gasteiger partial charge < -0.3 is 10.6 Å². The van der Waals surface area contributed by atoms with Crippen molar-refractivity contribution in [3.8, 4) is 0 Å². The van der Waals surface area contributed by atoms with Crippen LogP contribution in [0.25, 0.3) is 0 Å². The molecule has 0 aliphatic carbocycles. The second-order valence-corrected chi connectivity index (χ2v) is 6.73. The zero-order valence-corrected chi connectivity index (χ0v) is 13.7. The van der Waals surface area contributed by atoms with Crippen molar-refractivity contribution in [1.29, 1.82) is 0 Å². The molecule has 21 heavy (non-hydrogen) atoms. The van der Waals surface area contributed by atoms with E-state index >= 15 is 0 Å². The van der Waals surface area contributed by atoms with Crippen LogP contribution in [0.15, 0.2) is 18.2 Å². The largest absolute Gasteiger partial charge is 0.327 e. The Morgan fingerprint density at radius 3 is 2.76 bits per heavy atom. The minimum atomic E-state index is 0.213. The fourth-order valence-corrected chi connectivity index (χ4v) is 3.35. The smallest absolute Gasteiger partial charge is 0.226 e. The second kappa shape index (κ2) is 6.61. The van der Waals surface area contributed by atoms with E-state index in [0.29, 0.717) is 12.3 Å². The maximum Gasteiger partial charge on any atom is 0.226 e. The molecule has 1 aromatic rings. The van der Waals surface area contributed by atoms with Crippen LogP contribution in [-0.4, -0.2) is 18.0 Å². The summed E-state index contributed by atoms with van der Waals surface area (Å²) in [6, 6.07) is 6.97. The van der Waals surface area contributed by atoms with Crippen LogP contribution in [0.3, 0.4) is 0 Å². The summed E-state index contributed by atoms with van der Waals surface area (Å²) in [4.78, 5) is 14.0. The maximum atomic E-state index is 12.1. The van der Waals surface area contributed by atoms with Crippen molar-refractivity contribution >= 4 is 11.6 Å². The Bertz CT molecular complexity index is 510. The van der Waals surface area contributed by atoms with Crippen LogP contribution in [0, 0.1) is 5.92 Å². The Balaban J connectivity index is 2.14. The van der Waals surface area contributed by atoms with Crippen LogP contribution in [0.2, 0.25) is 0 Å². The van der Waals surface area contributed by atoms with Crippen LogP contribution in [0.4, 0.5) is 5.69 Å². The molecule has 0 radical (unpaired) electrons. The first-order valence-electron chi connectivity index (χ1n) is 8.11. The van der Waals surface area contributed by atoms with Crippen molar-refractivity contribution in [2.75, 3.05) is 4.90 Å². The van der Waals surface area contributed by atoms with Crippen LogP contribution in [0.5, 0.6) is 0 Å². The Morgan fingerprint density at radius 1 is 1.43 bits per heavy atom. The van der Waals surface area contributed by atoms with E-state index in [4.69, 9.17) is 5.73 Å². The lowest BCUT2D eigenvalue weighted by molar-refractivity contribution is -0.118. The molecule has 1 aromatic carbocycles. The Hall–Kier alpha value is -1.35. The molecule has 1 amide bonds. The van der Waals surface area contributed by atoms with E-state index in [2.05, 4.69) is 39.0 Å². The normalized spacial score (nSPS) is 19.0. The van der Waals surface area contributed by atoms with Gasteiger partial charge in [-0.1, -0.05) is 32.9 Å². The van der Waals surface area contributed by atoms with Crippen molar-refractivity contribution < 1.29 is 4.79 Å². The molecule has 0 bridgehead atoms. The fourth-order valence-electron chi connectivity index (χ4n) is 3.35. The molecule has 0 aromatic heterocycles. The molecule has 3 heteroatoms. The molecule has 1 aliphatic heterocycles. The topological polar surface area (TPSA) is 46.3 Å². The van der Waals surface area contributed by atoms with Gasteiger partial charge >= 0.3 is 0 Å². The van der Waals surface area contributed by atoms with Crippen LogP contribution >= 0.6 is 0 Å². The van der Waals surface area contributed by atoms with Crippen molar-refractivity contribution in [3.63, 3.8) is 0 Å². The van der Waals surface area contributed by atoms with E-state index in [1.54, 1.807) is 0 Å². The van der Waals surface area contributed by atoms with Crippen molar-refractivity contribution in [2.24, 2.45) is 11.7 Å². The minimum absolute atomic E-state index is 0.213. The summed E-state index contributed by atoms with van der Waals surface area (Å²) in [6.45, 7) is 8.46. The van der Waals surface area contributed by atoms with Crippen LogP contribution in [-0.2, 0) is 17.6 Å². The van der Waals surface area contributed by atoms with Gasteiger partial charge in [0.25, 0.3) is 0 Å². The van der Waals surface area contributed by atoms with Gasteiger partial charge in [-0.05, 0) is 49.3 Å². The molecule has 0 spiro atoms. The predicted octanol–water partition coefficient (Wildman–Crippen LogP) is 3.29. The zero-order valence-electron chi connectivity index (χ0n) is 13.7. The second-order valence-electron chi connectivity index (χ2n) is 6.73. The molecular weight excluding hydrogens is 260 g/mol. The number of carbonyl (C=O) groups excluding carboxylic acids is 1. The zero-order chi connectivity index (χ0) is 15.6. The summed E-state index contributed by atoms with van der Waals surface area (Å²) in [5.74, 6) is 0.845. The average molecular weight is 288 g/mol. The van der Waals surface area contributed by atoms with E-state index in [1.165, 1.54) is 11.1 Å². The van der Waals surface area contributed by atoms with E-state index in [9.17, 15) is 4.79 Å². The lowest BCUT2D eigenvalue weighted by Gasteiger charge is -2.22. The number of hydrogen-bond acceptors (Lipinski definition) is 2. The summed E-state index contributed by atoms with van der Waals surface area (Å²) in [5, 5.41) is 0. The first-order chi connectivity index (χ1) is 9.92. The van der Waals surface area contributed by atoms with Gasteiger partial charge in [0.1, 0.15) is 0 Å². The molecule has 2 atom stereocenters. The van der Waals surface area contributed by atoms with Gasteiger partial charge in [-0.15, -0.1) is 0 Å². The van der Waals surface area contributed by atoms with E-state index < -0.39 is 0 Å². The molecule has 0 saturated heterocycles. The Kier molecular flexibility index (Phi) is 5.04. The summed E-state index contributed by atoms with van der Waals surface area (Å²) in [5.41, 5.74) is 9.89. The first kappa shape index (κ1) is 16.0. The summed E-state index contributed by atoms with van der Waals surface area (Å²) in [7, 11) is 0. The highest BCUT2D eigenvalue weighted by Gasteiger charge is 2.29. The molecule has 2 rings (SSSR count). The van der Waals surface area contributed by atoms with Crippen LogP contribution in [0.1, 0.15) is 51.7 Å². The van der Waals surface area contributed by atoms with E-state index in [0.717, 1.165) is 24.9 Å². The summed E-state index contributed by atoms with van der Waals surface area (Å²) < 4.78 is 0. The molecule has 3 nitrogen and oxygen atoms in total. The molecule has 2 unspecified atom stereocenters. The van der Waals surface area contributed by atoms with Crippen molar-refractivity contribution in [2.45, 2.75) is 65.5 Å².